The van der Waals surface area contributed by atoms with Gasteiger partial charge in [0.1, 0.15) is 0 Å². The van der Waals surface area contributed by atoms with Gasteiger partial charge in [0.25, 0.3) is 0 Å². The predicted molar refractivity (Wildman–Crippen MR) is 61.7 cm³/mol. The zero-order valence-corrected chi connectivity index (χ0v) is 8.95. The second-order valence-electron chi connectivity index (χ2n) is 4.09. The third-order valence-corrected chi connectivity index (χ3v) is 3.19. The summed E-state index contributed by atoms with van der Waals surface area (Å²) in [6.07, 6.45) is 5.40. The van der Waals surface area contributed by atoms with E-state index < -0.39 is 0 Å². The molecule has 1 aromatic carbocycles. The van der Waals surface area contributed by atoms with Crippen molar-refractivity contribution in [2.45, 2.75) is 38.6 Å². The van der Waals surface area contributed by atoms with Crippen LogP contribution < -0.4 is 4.90 Å². The predicted octanol–water partition coefficient (Wildman–Crippen LogP) is 3.46. The first-order valence-electron chi connectivity index (χ1n) is 5.73. The molecule has 0 unspecified atom stereocenters. The van der Waals surface area contributed by atoms with Gasteiger partial charge in [-0.2, -0.15) is 0 Å². The number of anilines is 1. The summed E-state index contributed by atoms with van der Waals surface area (Å²) in [6, 6.07) is 11.6. The van der Waals surface area contributed by atoms with E-state index in [1.807, 2.05) is 0 Å². The SMILES string of the molecule is CC[C@H]1CCCCN1c1ccccc1. The van der Waals surface area contributed by atoms with E-state index in [1.165, 1.54) is 37.9 Å². The van der Waals surface area contributed by atoms with Crippen molar-refractivity contribution in [3.63, 3.8) is 0 Å². The van der Waals surface area contributed by atoms with Crippen LogP contribution in [0.5, 0.6) is 0 Å². The van der Waals surface area contributed by atoms with Crippen LogP contribution in [0.15, 0.2) is 30.3 Å². The lowest BCUT2D eigenvalue weighted by Crippen LogP contribution is -2.39. The number of piperidine rings is 1. The van der Waals surface area contributed by atoms with E-state index in [2.05, 4.69) is 42.2 Å². The van der Waals surface area contributed by atoms with Gasteiger partial charge in [0.2, 0.25) is 0 Å². The summed E-state index contributed by atoms with van der Waals surface area (Å²) in [5, 5.41) is 0. The number of para-hydroxylation sites is 1. The summed E-state index contributed by atoms with van der Waals surface area (Å²) in [6.45, 7) is 3.54. The van der Waals surface area contributed by atoms with Crippen LogP contribution in [-0.2, 0) is 0 Å². The first kappa shape index (κ1) is 9.57. The molecule has 0 aromatic heterocycles. The first-order valence-corrected chi connectivity index (χ1v) is 5.73. The molecule has 0 spiro atoms. The number of rotatable bonds is 2. The van der Waals surface area contributed by atoms with Crippen molar-refractivity contribution in [3.8, 4) is 0 Å². The molecule has 1 heteroatoms. The van der Waals surface area contributed by atoms with Crippen LogP contribution >= 0.6 is 0 Å². The third kappa shape index (κ3) is 1.92. The fraction of sp³-hybridized carbons (Fsp3) is 0.538. The molecule has 0 aliphatic carbocycles. The highest BCUT2D eigenvalue weighted by Crippen LogP contribution is 2.25. The maximum atomic E-state index is 2.57. The topological polar surface area (TPSA) is 3.24 Å². The third-order valence-electron chi connectivity index (χ3n) is 3.19. The van der Waals surface area contributed by atoms with E-state index >= 15 is 0 Å². The maximum Gasteiger partial charge on any atom is 0.0368 e. The smallest absolute Gasteiger partial charge is 0.0368 e. The molecular weight excluding hydrogens is 170 g/mol. The van der Waals surface area contributed by atoms with Gasteiger partial charge >= 0.3 is 0 Å². The minimum absolute atomic E-state index is 0.770. The highest BCUT2D eigenvalue weighted by atomic mass is 15.2. The van der Waals surface area contributed by atoms with Crippen molar-refractivity contribution >= 4 is 5.69 Å². The Labute approximate surface area is 86.7 Å². The van der Waals surface area contributed by atoms with E-state index in [0.29, 0.717) is 0 Å². The Morgan fingerprint density at radius 1 is 1.21 bits per heavy atom. The molecule has 0 saturated carbocycles. The molecule has 1 aliphatic rings. The van der Waals surface area contributed by atoms with Crippen molar-refractivity contribution in [2.24, 2.45) is 0 Å². The molecule has 1 nitrogen and oxygen atoms in total. The van der Waals surface area contributed by atoms with Gasteiger partial charge in [-0.25, -0.2) is 0 Å². The lowest BCUT2D eigenvalue weighted by atomic mass is 9.99. The van der Waals surface area contributed by atoms with Crippen LogP contribution in [0, 0.1) is 0 Å². The summed E-state index contributed by atoms with van der Waals surface area (Å²) in [5.74, 6) is 0. The van der Waals surface area contributed by atoms with Gasteiger partial charge < -0.3 is 4.90 Å². The van der Waals surface area contributed by atoms with Gasteiger partial charge in [-0.15, -0.1) is 0 Å². The van der Waals surface area contributed by atoms with E-state index in [1.54, 1.807) is 0 Å². The summed E-state index contributed by atoms with van der Waals surface area (Å²) in [5.41, 5.74) is 1.40. The number of nitrogens with zero attached hydrogens (tertiary/aromatic N) is 1. The van der Waals surface area contributed by atoms with Gasteiger partial charge in [-0.05, 0) is 37.8 Å². The Kier molecular flexibility index (Phi) is 3.07. The Bertz CT molecular complexity index is 268. The monoisotopic (exact) mass is 189 g/mol. The molecule has 0 radical (unpaired) electrons. The van der Waals surface area contributed by atoms with Crippen molar-refractivity contribution in [1.29, 1.82) is 0 Å². The molecular formula is C13H19N. The van der Waals surface area contributed by atoms with Crippen LogP contribution in [-0.4, -0.2) is 12.6 Å². The van der Waals surface area contributed by atoms with E-state index in [-0.39, 0.29) is 0 Å². The highest BCUT2D eigenvalue weighted by Gasteiger charge is 2.20. The molecule has 1 atom stereocenters. The van der Waals surface area contributed by atoms with Crippen LogP contribution in [0.4, 0.5) is 5.69 Å². The molecule has 0 amide bonds. The largest absolute Gasteiger partial charge is 0.369 e. The molecule has 2 rings (SSSR count). The number of hydrogen-bond donors (Lipinski definition) is 0. The molecule has 14 heavy (non-hydrogen) atoms. The van der Waals surface area contributed by atoms with Gasteiger partial charge in [0.05, 0.1) is 0 Å². The van der Waals surface area contributed by atoms with E-state index in [9.17, 15) is 0 Å². The van der Waals surface area contributed by atoms with Crippen LogP contribution in [0.3, 0.4) is 0 Å². The molecule has 76 valence electrons. The fourth-order valence-corrected chi connectivity index (χ4v) is 2.38. The molecule has 1 heterocycles. The molecule has 1 aliphatic heterocycles. The average molecular weight is 189 g/mol. The van der Waals surface area contributed by atoms with Crippen molar-refractivity contribution in [2.75, 3.05) is 11.4 Å². The second-order valence-corrected chi connectivity index (χ2v) is 4.09. The summed E-state index contributed by atoms with van der Waals surface area (Å²) >= 11 is 0. The van der Waals surface area contributed by atoms with Gasteiger partial charge in [0.15, 0.2) is 0 Å². The number of hydrogen-bond acceptors (Lipinski definition) is 1. The lowest BCUT2D eigenvalue weighted by Gasteiger charge is -2.37. The Hall–Kier alpha value is -0.980. The second kappa shape index (κ2) is 4.50. The Morgan fingerprint density at radius 2 is 2.00 bits per heavy atom. The van der Waals surface area contributed by atoms with Crippen molar-refractivity contribution < 1.29 is 0 Å². The summed E-state index contributed by atoms with van der Waals surface area (Å²) in [7, 11) is 0. The standard InChI is InChI=1S/C13H19N/c1-2-12-8-6-7-11-14(12)13-9-4-3-5-10-13/h3-5,9-10,12H,2,6-8,11H2,1H3/t12-/m0/s1. The van der Waals surface area contributed by atoms with Crippen LogP contribution in [0.2, 0.25) is 0 Å². The first-order chi connectivity index (χ1) is 6.92. The quantitative estimate of drug-likeness (QED) is 0.688. The minimum atomic E-state index is 0.770. The maximum absolute atomic E-state index is 2.57. The van der Waals surface area contributed by atoms with E-state index in [0.717, 1.165) is 6.04 Å². The molecule has 1 fully saturated rings. The fourth-order valence-electron chi connectivity index (χ4n) is 2.38. The number of benzene rings is 1. The molecule has 1 saturated heterocycles. The van der Waals surface area contributed by atoms with Crippen LogP contribution in [0.25, 0.3) is 0 Å². The zero-order valence-electron chi connectivity index (χ0n) is 8.95. The van der Waals surface area contributed by atoms with Gasteiger partial charge in [0, 0.05) is 18.3 Å². The summed E-state index contributed by atoms with van der Waals surface area (Å²) in [4.78, 5) is 2.57. The minimum Gasteiger partial charge on any atom is -0.369 e. The average Bonchev–Trinajstić information content (AvgIpc) is 2.30. The summed E-state index contributed by atoms with van der Waals surface area (Å²) < 4.78 is 0. The van der Waals surface area contributed by atoms with Crippen molar-refractivity contribution in [3.05, 3.63) is 30.3 Å². The van der Waals surface area contributed by atoms with Crippen LogP contribution in [0.1, 0.15) is 32.6 Å². The Balaban J connectivity index is 2.15. The molecule has 0 bridgehead atoms. The van der Waals surface area contributed by atoms with Gasteiger partial charge in [-0.3, -0.25) is 0 Å². The van der Waals surface area contributed by atoms with Gasteiger partial charge in [-0.1, -0.05) is 25.1 Å². The lowest BCUT2D eigenvalue weighted by molar-refractivity contribution is 0.450. The Morgan fingerprint density at radius 3 is 2.71 bits per heavy atom. The molecule has 0 N–H and O–H groups in total. The normalized spacial score (nSPS) is 22.4. The van der Waals surface area contributed by atoms with Crippen molar-refractivity contribution in [1.82, 2.24) is 0 Å². The highest BCUT2D eigenvalue weighted by molar-refractivity contribution is 5.47. The zero-order chi connectivity index (χ0) is 9.80. The molecule has 1 aromatic rings. The van der Waals surface area contributed by atoms with E-state index in [4.69, 9.17) is 0 Å².